The van der Waals surface area contributed by atoms with Crippen LogP contribution in [0.5, 0.6) is 0 Å². The van der Waals surface area contributed by atoms with Crippen LogP contribution in [0.3, 0.4) is 0 Å². The molecule has 0 radical (unpaired) electrons. The average Bonchev–Trinajstić information content (AvgIpc) is 2.82. The number of carbonyl (C=O) groups excluding carboxylic acids is 1. The summed E-state index contributed by atoms with van der Waals surface area (Å²) in [5.41, 5.74) is 3.63. The van der Waals surface area contributed by atoms with Crippen LogP contribution in [0.2, 0.25) is 0 Å². The van der Waals surface area contributed by atoms with Gasteiger partial charge >= 0.3 is 6.03 Å². The second-order valence-corrected chi connectivity index (χ2v) is 7.92. The van der Waals surface area contributed by atoms with Gasteiger partial charge < -0.3 is 15.1 Å². The Kier molecular flexibility index (Phi) is 6.63. The molecule has 32 heavy (non-hydrogen) atoms. The highest BCUT2D eigenvalue weighted by molar-refractivity contribution is 5.89. The Bertz CT molecular complexity index is 1080. The molecule has 1 saturated heterocycles. The quantitative estimate of drug-likeness (QED) is 0.647. The summed E-state index contributed by atoms with van der Waals surface area (Å²) in [5, 5.41) is 2.67. The molecule has 0 bridgehead atoms. The first-order valence-corrected chi connectivity index (χ1v) is 11.0. The molecule has 0 atom stereocenters. The van der Waals surface area contributed by atoms with Crippen LogP contribution in [-0.4, -0.2) is 47.1 Å². The highest BCUT2D eigenvalue weighted by Gasteiger charge is 2.25. The standard InChI is InChI=1S/C25H28FN5O/c1-3-22-20(17-19-9-5-4-6-10-19)24(28-18(2)27-22)30-13-15-31(16-14-30)25(32)29-23-12-8-7-11-21(23)26/h4-12H,3,13-17H2,1-2H3,(H,29,32). The van der Waals surface area contributed by atoms with E-state index in [0.717, 1.165) is 35.7 Å². The lowest BCUT2D eigenvalue weighted by Crippen LogP contribution is -2.50. The Balaban J connectivity index is 1.50. The zero-order chi connectivity index (χ0) is 22.5. The second-order valence-electron chi connectivity index (χ2n) is 7.92. The number of amides is 2. The fraction of sp³-hybridized carbons (Fsp3) is 0.320. The zero-order valence-corrected chi connectivity index (χ0v) is 18.5. The topological polar surface area (TPSA) is 61.4 Å². The lowest BCUT2D eigenvalue weighted by molar-refractivity contribution is 0.208. The third kappa shape index (κ3) is 4.88. The molecule has 1 fully saturated rings. The number of aryl methyl sites for hydroxylation is 2. The SMILES string of the molecule is CCc1nc(C)nc(N2CCN(C(=O)Nc3ccccc3F)CC2)c1Cc1ccccc1. The number of nitrogens with zero attached hydrogens (tertiary/aromatic N) is 4. The first-order chi connectivity index (χ1) is 15.5. The van der Waals surface area contributed by atoms with Crippen molar-refractivity contribution in [1.82, 2.24) is 14.9 Å². The van der Waals surface area contributed by atoms with Crippen LogP contribution in [0.15, 0.2) is 54.6 Å². The average molecular weight is 434 g/mol. The molecule has 0 unspecified atom stereocenters. The molecule has 6 nitrogen and oxygen atoms in total. The van der Waals surface area contributed by atoms with Gasteiger partial charge in [0.1, 0.15) is 17.5 Å². The summed E-state index contributed by atoms with van der Waals surface area (Å²) in [5.74, 6) is 1.27. The number of benzene rings is 2. The van der Waals surface area contributed by atoms with Gasteiger partial charge in [-0.3, -0.25) is 0 Å². The molecular weight excluding hydrogens is 405 g/mol. The minimum Gasteiger partial charge on any atom is -0.353 e. The smallest absolute Gasteiger partial charge is 0.322 e. The lowest BCUT2D eigenvalue weighted by Gasteiger charge is -2.36. The van der Waals surface area contributed by atoms with Gasteiger partial charge in [-0.1, -0.05) is 49.4 Å². The molecule has 1 aromatic heterocycles. The summed E-state index contributed by atoms with van der Waals surface area (Å²) in [6, 6.07) is 16.3. The third-order valence-corrected chi connectivity index (χ3v) is 5.72. The summed E-state index contributed by atoms with van der Waals surface area (Å²) in [6.45, 7) is 6.43. The van der Waals surface area contributed by atoms with Crippen molar-refractivity contribution in [1.29, 1.82) is 0 Å². The molecule has 2 heterocycles. The van der Waals surface area contributed by atoms with E-state index in [-0.39, 0.29) is 11.7 Å². The van der Waals surface area contributed by atoms with Crippen LogP contribution in [0.1, 0.15) is 29.6 Å². The number of hydrogen-bond donors (Lipinski definition) is 1. The number of carbonyl (C=O) groups is 1. The van der Waals surface area contributed by atoms with Crippen molar-refractivity contribution in [3.8, 4) is 0 Å². The highest BCUT2D eigenvalue weighted by atomic mass is 19.1. The molecule has 2 aromatic carbocycles. The van der Waals surface area contributed by atoms with E-state index in [9.17, 15) is 9.18 Å². The van der Waals surface area contributed by atoms with Gasteiger partial charge in [0, 0.05) is 43.9 Å². The summed E-state index contributed by atoms with van der Waals surface area (Å²) in [6.07, 6.45) is 1.61. The number of hydrogen-bond acceptors (Lipinski definition) is 4. The molecule has 0 saturated carbocycles. The lowest BCUT2D eigenvalue weighted by atomic mass is 10.0. The molecule has 4 rings (SSSR count). The van der Waals surface area contributed by atoms with Crippen molar-refractivity contribution >= 4 is 17.5 Å². The second kappa shape index (κ2) is 9.77. The maximum atomic E-state index is 13.9. The van der Waals surface area contributed by atoms with E-state index in [4.69, 9.17) is 9.97 Å². The summed E-state index contributed by atoms with van der Waals surface area (Å²) in [4.78, 5) is 26.1. The van der Waals surface area contributed by atoms with Gasteiger partial charge in [0.2, 0.25) is 0 Å². The molecule has 0 spiro atoms. The first-order valence-electron chi connectivity index (χ1n) is 11.0. The molecular formula is C25H28FN5O. The van der Waals surface area contributed by atoms with Gasteiger partial charge in [-0.15, -0.1) is 0 Å². The third-order valence-electron chi connectivity index (χ3n) is 5.72. The van der Waals surface area contributed by atoms with Crippen LogP contribution < -0.4 is 10.2 Å². The van der Waals surface area contributed by atoms with Gasteiger partial charge in [-0.05, 0) is 31.0 Å². The number of nitrogens with one attached hydrogen (secondary N) is 1. The molecule has 2 amide bonds. The van der Waals surface area contributed by atoms with E-state index in [0.29, 0.717) is 26.2 Å². The van der Waals surface area contributed by atoms with E-state index < -0.39 is 5.82 Å². The van der Waals surface area contributed by atoms with Gasteiger partial charge in [0.05, 0.1) is 5.69 Å². The molecule has 1 aliphatic rings. The van der Waals surface area contributed by atoms with Crippen molar-refractivity contribution in [3.63, 3.8) is 0 Å². The fourth-order valence-corrected chi connectivity index (χ4v) is 4.05. The van der Waals surface area contributed by atoms with E-state index in [1.165, 1.54) is 11.6 Å². The zero-order valence-electron chi connectivity index (χ0n) is 18.5. The number of urea groups is 1. The number of piperazine rings is 1. The van der Waals surface area contributed by atoms with Gasteiger partial charge in [0.25, 0.3) is 0 Å². The Morgan fingerprint density at radius 2 is 1.69 bits per heavy atom. The Morgan fingerprint density at radius 1 is 1.00 bits per heavy atom. The van der Waals surface area contributed by atoms with E-state index in [2.05, 4.69) is 29.3 Å². The van der Waals surface area contributed by atoms with Crippen LogP contribution in [0.25, 0.3) is 0 Å². The summed E-state index contributed by atoms with van der Waals surface area (Å²) in [7, 11) is 0. The van der Waals surface area contributed by atoms with Gasteiger partial charge in [-0.25, -0.2) is 19.2 Å². The largest absolute Gasteiger partial charge is 0.353 e. The monoisotopic (exact) mass is 433 g/mol. The number of halogens is 1. The minimum absolute atomic E-state index is 0.198. The Morgan fingerprint density at radius 3 is 2.38 bits per heavy atom. The molecule has 1 N–H and O–H groups in total. The number of para-hydroxylation sites is 1. The van der Waals surface area contributed by atoms with Gasteiger partial charge in [-0.2, -0.15) is 0 Å². The predicted molar refractivity (Wildman–Crippen MR) is 125 cm³/mol. The highest BCUT2D eigenvalue weighted by Crippen LogP contribution is 2.26. The van der Waals surface area contributed by atoms with Crippen molar-refractivity contribution in [2.45, 2.75) is 26.7 Å². The predicted octanol–water partition coefficient (Wildman–Crippen LogP) is 4.43. The maximum absolute atomic E-state index is 13.9. The number of anilines is 2. The molecule has 166 valence electrons. The van der Waals surface area contributed by atoms with E-state index >= 15 is 0 Å². The molecule has 3 aromatic rings. The van der Waals surface area contributed by atoms with Crippen LogP contribution in [-0.2, 0) is 12.8 Å². The van der Waals surface area contributed by atoms with E-state index in [1.54, 1.807) is 23.1 Å². The number of aromatic nitrogens is 2. The maximum Gasteiger partial charge on any atom is 0.322 e. The van der Waals surface area contributed by atoms with Crippen molar-refractivity contribution < 1.29 is 9.18 Å². The first kappa shape index (κ1) is 21.7. The van der Waals surface area contributed by atoms with Gasteiger partial charge in [0.15, 0.2) is 0 Å². The van der Waals surface area contributed by atoms with Crippen molar-refractivity contribution in [3.05, 3.63) is 83.1 Å². The molecule has 1 aliphatic heterocycles. The Labute approximate surface area is 188 Å². The normalized spacial score (nSPS) is 13.8. The number of rotatable bonds is 5. The van der Waals surface area contributed by atoms with Crippen LogP contribution in [0.4, 0.5) is 20.7 Å². The Hall–Kier alpha value is -3.48. The minimum atomic E-state index is -0.436. The molecule has 7 heteroatoms. The van der Waals surface area contributed by atoms with Crippen LogP contribution >= 0.6 is 0 Å². The van der Waals surface area contributed by atoms with E-state index in [1.807, 2.05) is 25.1 Å². The van der Waals surface area contributed by atoms with Crippen molar-refractivity contribution in [2.75, 3.05) is 36.4 Å². The fourth-order valence-electron chi connectivity index (χ4n) is 4.05. The summed E-state index contributed by atoms with van der Waals surface area (Å²) >= 11 is 0. The molecule has 0 aliphatic carbocycles. The summed E-state index contributed by atoms with van der Waals surface area (Å²) < 4.78 is 13.9. The van der Waals surface area contributed by atoms with Crippen molar-refractivity contribution in [2.24, 2.45) is 0 Å². The van der Waals surface area contributed by atoms with Crippen LogP contribution in [0, 0.1) is 12.7 Å².